The van der Waals surface area contributed by atoms with Crippen molar-refractivity contribution in [3.05, 3.63) is 0 Å². The molecule has 2 aliphatic rings. The van der Waals surface area contributed by atoms with Gasteiger partial charge in [0.25, 0.3) is 5.91 Å². The van der Waals surface area contributed by atoms with Crippen LogP contribution >= 0.6 is 0 Å². The van der Waals surface area contributed by atoms with Crippen molar-refractivity contribution < 1.29 is 14.4 Å². The molecule has 2 saturated heterocycles. The fraction of sp³-hybridized carbons (Fsp3) is 0.667. The summed E-state index contributed by atoms with van der Waals surface area (Å²) in [5.74, 6) is -0.514. The van der Waals surface area contributed by atoms with Gasteiger partial charge in [0.15, 0.2) is 0 Å². The summed E-state index contributed by atoms with van der Waals surface area (Å²) in [6, 6.07) is -0.478. The normalized spacial score (nSPS) is 21.2. The van der Waals surface area contributed by atoms with E-state index in [4.69, 9.17) is 0 Å². The van der Waals surface area contributed by atoms with Gasteiger partial charge in [-0.1, -0.05) is 0 Å². The Morgan fingerprint density at radius 3 is 2.50 bits per heavy atom. The summed E-state index contributed by atoms with van der Waals surface area (Å²) in [6.07, 6.45) is 0. The van der Waals surface area contributed by atoms with Crippen LogP contribution < -0.4 is 10.6 Å². The van der Waals surface area contributed by atoms with Gasteiger partial charge in [0.2, 0.25) is 5.91 Å². The molecule has 0 spiro atoms. The molecule has 0 aromatic carbocycles. The minimum atomic E-state index is -0.478. The zero-order chi connectivity index (χ0) is 11.5. The van der Waals surface area contributed by atoms with E-state index in [1.165, 1.54) is 0 Å². The highest BCUT2D eigenvalue weighted by molar-refractivity contribution is 6.04. The van der Waals surface area contributed by atoms with Gasteiger partial charge >= 0.3 is 6.03 Å². The summed E-state index contributed by atoms with van der Waals surface area (Å²) >= 11 is 0. The number of rotatable bonds is 2. The van der Waals surface area contributed by atoms with Crippen LogP contribution in [0.4, 0.5) is 4.79 Å². The largest absolute Gasteiger partial charge is 0.339 e. The molecule has 0 saturated carbocycles. The third kappa shape index (κ3) is 2.13. The quantitative estimate of drug-likeness (QED) is 0.532. The maximum Gasteiger partial charge on any atom is 0.325 e. The Morgan fingerprint density at radius 2 is 1.94 bits per heavy atom. The van der Waals surface area contributed by atoms with Gasteiger partial charge in [0, 0.05) is 26.2 Å². The van der Waals surface area contributed by atoms with Gasteiger partial charge in [-0.15, -0.1) is 0 Å². The Hall–Kier alpha value is -1.63. The lowest BCUT2D eigenvalue weighted by Crippen LogP contribution is -2.50. The highest BCUT2D eigenvalue weighted by atomic mass is 16.2. The second-order valence-electron chi connectivity index (χ2n) is 3.77. The minimum absolute atomic E-state index is 0.00628. The maximum atomic E-state index is 11.8. The second-order valence-corrected chi connectivity index (χ2v) is 3.77. The minimum Gasteiger partial charge on any atom is -0.339 e. The molecular formula is C9H14N4O3. The number of imide groups is 1. The molecule has 0 aromatic heterocycles. The molecule has 0 atom stereocenters. The van der Waals surface area contributed by atoms with Gasteiger partial charge in [-0.05, 0) is 0 Å². The van der Waals surface area contributed by atoms with Crippen LogP contribution in [0.1, 0.15) is 0 Å². The molecular weight excluding hydrogens is 212 g/mol. The van der Waals surface area contributed by atoms with Crippen molar-refractivity contribution in [2.75, 3.05) is 39.3 Å². The molecule has 2 N–H and O–H groups in total. The predicted octanol–water partition coefficient (Wildman–Crippen LogP) is -2.03. The molecule has 0 aliphatic carbocycles. The average molecular weight is 226 g/mol. The summed E-state index contributed by atoms with van der Waals surface area (Å²) in [6.45, 7) is 2.61. The van der Waals surface area contributed by atoms with E-state index < -0.39 is 6.03 Å². The first kappa shape index (κ1) is 10.9. The van der Waals surface area contributed by atoms with Crippen molar-refractivity contribution in [3.8, 4) is 0 Å². The van der Waals surface area contributed by atoms with E-state index in [0.29, 0.717) is 13.1 Å². The number of carbonyl (C=O) groups is 3. The topological polar surface area (TPSA) is 81.8 Å². The molecule has 0 radical (unpaired) electrons. The molecule has 0 bridgehead atoms. The van der Waals surface area contributed by atoms with E-state index >= 15 is 0 Å². The smallest absolute Gasteiger partial charge is 0.325 e. The molecule has 2 fully saturated rings. The monoisotopic (exact) mass is 226 g/mol. The van der Waals surface area contributed by atoms with Crippen molar-refractivity contribution >= 4 is 17.8 Å². The van der Waals surface area contributed by atoms with E-state index in [9.17, 15) is 14.4 Å². The molecule has 2 rings (SSSR count). The molecule has 16 heavy (non-hydrogen) atoms. The maximum absolute atomic E-state index is 11.8. The van der Waals surface area contributed by atoms with Crippen molar-refractivity contribution in [3.63, 3.8) is 0 Å². The summed E-state index contributed by atoms with van der Waals surface area (Å²) in [7, 11) is 0. The van der Waals surface area contributed by atoms with Gasteiger partial charge in [-0.3, -0.25) is 14.5 Å². The van der Waals surface area contributed by atoms with Crippen molar-refractivity contribution in [1.82, 2.24) is 20.4 Å². The molecule has 2 heterocycles. The van der Waals surface area contributed by atoms with E-state index in [1.807, 2.05) is 0 Å². The molecule has 7 heteroatoms. The van der Waals surface area contributed by atoms with Crippen LogP contribution in [-0.4, -0.2) is 66.9 Å². The Labute approximate surface area is 92.8 Å². The summed E-state index contributed by atoms with van der Waals surface area (Å²) in [5, 5.41) is 5.51. The Balaban J connectivity index is 1.90. The van der Waals surface area contributed by atoms with E-state index in [1.54, 1.807) is 4.90 Å². The van der Waals surface area contributed by atoms with Crippen molar-refractivity contribution in [1.29, 1.82) is 0 Å². The standard InChI is InChI=1S/C9H14N4O3/c14-7-5-11-9(16)13(7)6-8(15)12-3-1-10-2-4-12/h10H,1-6H2,(H,11,16). The van der Waals surface area contributed by atoms with Gasteiger partial charge in [-0.25, -0.2) is 4.79 Å². The highest BCUT2D eigenvalue weighted by Crippen LogP contribution is 2.01. The number of hydrogen-bond acceptors (Lipinski definition) is 4. The zero-order valence-electron chi connectivity index (χ0n) is 8.86. The van der Waals surface area contributed by atoms with Gasteiger partial charge in [0.1, 0.15) is 6.54 Å². The number of hydrogen-bond donors (Lipinski definition) is 2. The summed E-state index contributed by atoms with van der Waals surface area (Å²) in [4.78, 5) is 36.9. The number of piperazine rings is 1. The fourth-order valence-corrected chi connectivity index (χ4v) is 1.76. The SMILES string of the molecule is O=C(CN1C(=O)CNC1=O)N1CCNCC1. The first-order chi connectivity index (χ1) is 7.68. The van der Waals surface area contributed by atoms with Crippen LogP contribution in [0.5, 0.6) is 0 Å². The number of nitrogens with one attached hydrogen (secondary N) is 2. The first-order valence-corrected chi connectivity index (χ1v) is 5.25. The van der Waals surface area contributed by atoms with E-state index in [0.717, 1.165) is 18.0 Å². The molecule has 4 amide bonds. The number of amides is 4. The summed E-state index contributed by atoms with van der Waals surface area (Å²) in [5.41, 5.74) is 0. The lowest BCUT2D eigenvalue weighted by Gasteiger charge is -2.28. The zero-order valence-corrected chi connectivity index (χ0v) is 8.86. The van der Waals surface area contributed by atoms with E-state index in [-0.39, 0.29) is 24.9 Å². The Kier molecular flexibility index (Phi) is 3.04. The van der Waals surface area contributed by atoms with Gasteiger partial charge in [-0.2, -0.15) is 0 Å². The number of urea groups is 1. The molecule has 0 aromatic rings. The Bertz CT molecular complexity index is 309. The van der Waals surface area contributed by atoms with Gasteiger partial charge in [0.05, 0.1) is 6.54 Å². The van der Waals surface area contributed by atoms with Crippen LogP contribution in [0.3, 0.4) is 0 Å². The van der Waals surface area contributed by atoms with Crippen LogP contribution in [0.25, 0.3) is 0 Å². The third-order valence-corrected chi connectivity index (χ3v) is 2.70. The molecule has 7 nitrogen and oxygen atoms in total. The first-order valence-electron chi connectivity index (χ1n) is 5.25. The van der Waals surface area contributed by atoms with Crippen molar-refractivity contribution in [2.24, 2.45) is 0 Å². The number of nitrogens with zero attached hydrogens (tertiary/aromatic N) is 2. The lowest BCUT2D eigenvalue weighted by atomic mass is 10.3. The van der Waals surface area contributed by atoms with Crippen LogP contribution in [0.2, 0.25) is 0 Å². The number of carbonyl (C=O) groups excluding carboxylic acids is 3. The van der Waals surface area contributed by atoms with Crippen LogP contribution in [0, 0.1) is 0 Å². The average Bonchev–Trinajstić information content (AvgIpc) is 2.62. The lowest BCUT2D eigenvalue weighted by molar-refractivity contribution is -0.136. The third-order valence-electron chi connectivity index (χ3n) is 2.70. The fourth-order valence-electron chi connectivity index (χ4n) is 1.76. The molecule has 88 valence electrons. The second kappa shape index (κ2) is 4.48. The molecule has 0 unspecified atom stereocenters. The highest BCUT2D eigenvalue weighted by Gasteiger charge is 2.31. The van der Waals surface area contributed by atoms with Crippen LogP contribution in [0.15, 0.2) is 0 Å². The summed E-state index contributed by atoms with van der Waals surface area (Å²) < 4.78 is 0. The van der Waals surface area contributed by atoms with E-state index in [2.05, 4.69) is 10.6 Å². The van der Waals surface area contributed by atoms with Crippen molar-refractivity contribution in [2.45, 2.75) is 0 Å². The predicted molar refractivity (Wildman–Crippen MR) is 54.6 cm³/mol. The van der Waals surface area contributed by atoms with Crippen LogP contribution in [-0.2, 0) is 9.59 Å². The molecule has 2 aliphatic heterocycles. The Morgan fingerprint density at radius 1 is 1.25 bits per heavy atom. The van der Waals surface area contributed by atoms with Gasteiger partial charge < -0.3 is 15.5 Å².